The maximum absolute atomic E-state index is 4.73. The Kier molecular flexibility index (Phi) is 3.10. The molecule has 92 valence electrons. The van der Waals surface area contributed by atoms with Crippen molar-refractivity contribution in [3.05, 3.63) is 23.3 Å². The summed E-state index contributed by atoms with van der Waals surface area (Å²) >= 11 is 0. The van der Waals surface area contributed by atoms with Crippen molar-refractivity contribution in [1.29, 1.82) is 0 Å². The van der Waals surface area contributed by atoms with Gasteiger partial charge in [0.15, 0.2) is 0 Å². The molecule has 0 saturated heterocycles. The minimum absolute atomic E-state index is 0.980. The first-order valence-corrected chi connectivity index (χ1v) is 6.91. The third-order valence-corrected chi connectivity index (χ3v) is 3.76. The monoisotopic (exact) mass is 231 g/mol. The molecule has 1 aliphatic carbocycles. The Morgan fingerprint density at radius 1 is 1.41 bits per heavy atom. The third kappa shape index (κ3) is 2.65. The lowest BCUT2D eigenvalue weighted by molar-refractivity contribution is 0.239. The van der Waals surface area contributed by atoms with E-state index in [0.717, 1.165) is 37.5 Å². The molecular weight excluding hydrogens is 210 g/mol. The molecule has 3 nitrogen and oxygen atoms in total. The van der Waals surface area contributed by atoms with E-state index < -0.39 is 0 Å². The van der Waals surface area contributed by atoms with Gasteiger partial charge in [-0.2, -0.15) is 0 Å². The average molecular weight is 231 g/mol. The van der Waals surface area contributed by atoms with Crippen LogP contribution in [0.15, 0.2) is 6.20 Å². The summed E-state index contributed by atoms with van der Waals surface area (Å²) in [6.45, 7) is 5.71. The van der Waals surface area contributed by atoms with Crippen molar-refractivity contribution in [2.45, 2.75) is 45.6 Å². The van der Waals surface area contributed by atoms with E-state index in [0.29, 0.717) is 0 Å². The molecule has 1 saturated carbocycles. The fourth-order valence-corrected chi connectivity index (χ4v) is 2.56. The van der Waals surface area contributed by atoms with Gasteiger partial charge < -0.3 is 0 Å². The Morgan fingerprint density at radius 2 is 2.29 bits per heavy atom. The first-order valence-electron chi connectivity index (χ1n) is 6.91. The van der Waals surface area contributed by atoms with Crippen molar-refractivity contribution >= 4 is 0 Å². The van der Waals surface area contributed by atoms with Gasteiger partial charge in [-0.25, -0.2) is 9.97 Å². The fraction of sp³-hybridized carbons (Fsp3) is 0.714. The van der Waals surface area contributed by atoms with E-state index in [4.69, 9.17) is 4.98 Å². The maximum Gasteiger partial charge on any atom is 0.128 e. The van der Waals surface area contributed by atoms with Crippen LogP contribution in [0.3, 0.4) is 0 Å². The lowest BCUT2D eigenvalue weighted by atomic mass is 10.1. The van der Waals surface area contributed by atoms with Gasteiger partial charge >= 0.3 is 0 Å². The Hall–Kier alpha value is -0.960. The molecule has 3 rings (SSSR count). The molecule has 0 aromatic carbocycles. The number of nitrogens with zero attached hydrogens (tertiary/aromatic N) is 3. The van der Waals surface area contributed by atoms with Gasteiger partial charge in [-0.05, 0) is 37.2 Å². The number of hydrogen-bond donors (Lipinski definition) is 0. The van der Waals surface area contributed by atoms with E-state index in [-0.39, 0.29) is 0 Å². The van der Waals surface area contributed by atoms with E-state index in [1.54, 1.807) is 0 Å². The lowest BCUT2D eigenvalue weighted by Gasteiger charge is -2.27. The molecule has 1 fully saturated rings. The fourth-order valence-electron chi connectivity index (χ4n) is 2.56. The van der Waals surface area contributed by atoms with E-state index >= 15 is 0 Å². The van der Waals surface area contributed by atoms with Crippen molar-refractivity contribution in [2.24, 2.45) is 5.92 Å². The largest absolute Gasteiger partial charge is 0.297 e. The molecule has 0 N–H and O–H groups in total. The van der Waals surface area contributed by atoms with Crippen LogP contribution < -0.4 is 0 Å². The molecule has 1 aromatic heterocycles. The number of fused-ring (bicyclic) bond motifs is 1. The molecule has 3 heteroatoms. The molecule has 17 heavy (non-hydrogen) atoms. The quantitative estimate of drug-likeness (QED) is 0.795. The zero-order valence-electron chi connectivity index (χ0n) is 10.7. The van der Waals surface area contributed by atoms with Crippen molar-refractivity contribution in [1.82, 2.24) is 14.9 Å². The molecule has 1 aliphatic heterocycles. The standard InChI is InChI=1S/C14H21N3/c1-2-3-14-15-8-12-6-7-17(9-11-4-5-11)10-13(12)16-14/h8,11H,2-7,9-10H2,1H3. The van der Waals surface area contributed by atoms with Gasteiger partial charge in [0, 0.05) is 32.3 Å². The molecule has 1 aromatic rings. The van der Waals surface area contributed by atoms with E-state index in [2.05, 4.69) is 23.0 Å². The van der Waals surface area contributed by atoms with Crippen LogP contribution in [-0.2, 0) is 19.4 Å². The summed E-state index contributed by atoms with van der Waals surface area (Å²) in [6, 6.07) is 0. The number of aryl methyl sites for hydroxylation is 1. The average Bonchev–Trinajstić information content (AvgIpc) is 3.13. The first-order chi connectivity index (χ1) is 8.35. The normalized spacial score (nSPS) is 20.3. The van der Waals surface area contributed by atoms with Crippen LogP contribution in [0.5, 0.6) is 0 Å². The third-order valence-electron chi connectivity index (χ3n) is 3.76. The molecule has 0 bridgehead atoms. The van der Waals surface area contributed by atoms with Crippen LogP contribution in [-0.4, -0.2) is 28.0 Å². The molecule has 0 amide bonds. The van der Waals surface area contributed by atoms with Gasteiger partial charge in [0.25, 0.3) is 0 Å². The topological polar surface area (TPSA) is 29.0 Å². The van der Waals surface area contributed by atoms with Gasteiger partial charge in [-0.1, -0.05) is 6.92 Å². The minimum Gasteiger partial charge on any atom is -0.297 e. The first kappa shape index (κ1) is 11.1. The van der Waals surface area contributed by atoms with Gasteiger partial charge in [0.2, 0.25) is 0 Å². The second kappa shape index (κ2) is 4.73. The zero-order chi connectivity index (χ0) is 11.7. The summed E-state index contributed by atoms with van der Waals surface area (Å²) in [4.78, 5) is 11.8. The summed E-state index contributed by atoms with van der Waals surface area (Å²) < 4.78 is 0. The van der Waals surface area contributed by atoms with Gasteiger partial charge in [0.05, 0.1) is 5.69 Å². The highest BCUT2D eigenvalue weighted by Crippen LogP contribution is 2.31. The zero-order valence-corrected chi connectivity index (χ0v) is 10.7. The van der Waals surface area contributed by atoms with Gasteiger partial charge in [0.1, 0.15) is 5.82 Å². The summed E-state index contributed by atoms with van der Waals surface area (Å²) in [5.74, 6) is 2.01. The van der Waals surface area contributed by atoms with Gasteiger partial charge in [-0.3, -0.25) is 4.90 Å². The Balaban J connectivity index is 1.71. The number of rotatable bonds is 4. The Labute approximate surface area is 103 Å². The van der Waals surface area contributed by atoms with Crippen LogP contribution in [0.25, 0.3) is 0 Å². The maximum atomic E-state index is 4.73. The van der Waals surface area contributed by atoms with Gasteiger partial charge in [-0.15, -0.1) is 0 Å². The van der Waals surface area contributed by atoms with E-state index in [1.165, 1.54) is 37.2 Å². The molecule has 2 heterocycles. The summed E-state index contributed by atoms with van der Waals surface area (Å²) in [6.07, 6.45) is 8.21. The SMILES string of the molecule is CCCc1ncc2c(n1)CN(CC1CC1)CC2. The van der Waals surface area contributed by atoms with Crippen molar-refractivity contribution in [3.8, 4) is 0 Å². The van der Waals surface area contributed by atoms with Crippen LogP contribution in [0.2, 0.25) is 0 Å². The Bertz CT molecular complexity index is 398. The molecule has 0 radical (unpaired) electrons. The molecule has 0 atom stereocenters. The second-order valence-corrected chi connectivity index (χ2v) is 5.44. The predicted molar refractivity (Wildman–Crippen MR) is 67.7 cm³/mol. The summed E-state index contributed by atoms with van der Waals surface area (Å²) in [5.41, 5.74) is 2.66. The van der Waals surface area contributed by atoms with Crippen molar-refractivity contribution in [3.63, 3.8) is 0 Å². The predicted octanol–water partition coefficient (Wildman–Crippen LogP) is 2.20. The highest BCUT2D eigenvalue weighted by Gasteiger charge is 2.26. The minimum atomic E-state index is 0.980. The van der Waals surface area contributed by atoms with Crippen LogP contribution in [0.4, 0.5) is 0 Å². The summed E-state index contributed by atoms with van der Waals surface area (Å²) in [5, 5.41) is 0. The smallest absolute Gasteiger partial charge is 0.128 e. The number of hydrogen-bond acceptors (Lipinski definition) is 3. The lowest BCUT2D eigenvalue weighted by Crippen LogP contribution is -2.33. The van der Waals surface area contributed by atoms with Crippen LogP contribution >= 0.6 is 0 Å². The molecule has 0 unspecified atom stereocenters. The second-order valence-electron chi connectivity index (χ2n) is 5.44. The molecular formula is C14H21N3. The summed E-state index contributed by atoms with van der Waals surface area (Å²) in [7, 11) is 0. The van der Waals surface area contributed by atoms with Crippen molar-refractivity contribution in [2.75, 3.05) is 13.1 Å². The van der Waals surface area contributed by atoms with E-state index in [9.17, 15) is 0 Å². The van der Waals surface area contributed by atoms with Crippen LogP contribution in [0.1, 0.15) is 43.3 Å². The number of aromatic nitrogens is 2. The van der Waals surface area contributed by atoms with E-state index in [1.807, 2.05) is 0 Å². The molecule has 2 aliphatic rings. The molecule has 0 spiro atoms. The van der Waals surface area contributed by atoms with Crippen molar-refractivity contribution < 1.29 is 0 Å². The highest BCUT2D eigenvalue weighted by atomic mass is 15.1. The van der Waals surface area contributed by atoms with Crippen LogP contribution in [0, 0.1) is 5.92 Å². The highest BCUT2D eigenvalue weighted by molar-refractivity contribution is 5.20. The Morgan fingerprint density at radius 3 is 3.06 bits per heavy atom.